The molecule has 6 heteroatoms. The van der Waals surface area contributed by atoms with Crippen LogP contribution in [0.1, 0.15) is 45.5 Å². The molecule has 3 rings (SSSR count). The molecule has 2 aromatic rings. The maximum absolute atomic E-state index is 12.0. The number of benzene rings is 1. The maximum atomic E-state index is 12.0. The van der Waals surface area contributed by atoms with E-state index in [0.717, 1.165) is 16.7 Å². The van der Waals surface area contributed by atoms with E-state index in [0.29, 0.717) is 0 Å². The Morgan fingerprint density at radius 1 is 1.00 bits per heavy atom. The quantitative estimate of drug-likeness (QED) is 0.590. The summed E-state index contributed by atoms with van der Waals surface area (Å²) in [4.78, 5) is 16.1. The minimum Gasteiger partial charge on any atom is -0.469 e. The zero-order valence-electron chi connectivity index (χ0n) is 16.6. The molecule has 0 amide bonds. The molecule has 1 aliphatic heterocycles. The molecule has 1 aliphatic rings. The summed E-state index contributed by atoms with van der Waals surface area (Å²) in [6.07, 6.45) is 3.74. The van der Waals surface area contributed by atoms with Gasteiger partial charge in [-0.2, -0.15) is 0 Å². The number of esters is 1. The Balaban J connectivity index is 1.89. The molecule has 2 heterocycles. The van der Waals surface area contributed by atoms with Crippen molar-refractivity contribution in [2.75, 3.05) is 7.11 Å². The van der Waals surface area contributed by atoms with Crippen LogP contribution in [0, 0.1) is 0 Å². The molecular formula is C21H26BNO4. The molecular weight excluding hydrogens is 341 g/mol. The highest BCUT2D eigenvalue weighted by Crippen LogP contribution is 2.42. The molecule has 142 valence electrons. The predicted octanol–water partition coefficient (Wildman–Crippen LogP) is 4.03. The number of carbonyl (C=O) groups is 1. The van der Waals surface area contributed by atoms with E-state index in [9.17, 15) is 4.79 Å². The van der Waals surface area contributed by atoms with Crippen LogP contribution < -0.4 is 0 Å². The number of ether oxygens (including phenoxy) is 1. The second-order valence-corrected chi connectivity index (χ2v) is 7.87. The number of rotatable bonds is 5. The normalized spacial score (nSPS) is 18.9. The summed E-state index contributed by atoms with van der Waals surface area (Å²) in [6.45, 7) is 8.03. The van der Waals surface area contributed by atoms with Crippen molar-refractivity contribution in [1.29, 1.82) is 0 Å². The van der Waals surface area contributed by atoms with Crippen molar-refractivity contribution in [1.82, 2.24) is 4.98 Å². The molecule has 0 spiro atoms. The van der Waals surface area contributed by atoms with E-state index in [2.05, 4.69) is 4.98 Å². The lowest BCUT2D eigenvalue weighted by Crippen LogP contribution is -2.41. The zero-order chi connectivity index (χ0) is 19.7. The minimum atomic E-state index is -0.513. The van der Waals surface area contributed by atoms with Crippen molar-refractivity contribution in [2.24, 2.45) is 0 Å². The van der Waals surface area contributed by atoms with Gasteiger partial charge in [-0.15, -0.1) is 0 Å². The monoisotopic (exact) mass is 367 g/mol. The molecule has 0 radical (unpaired) electrons. The topological polar surface area (TPSA) is 57.7 Å². The van der Waals surface area contributed by atoms with Crippen molar-refractivity contribution < 1.29 is 18.8 Å². The van der Waals surface area contributed by atoms with Crippen molar-refractivity contribution in [3.8, 4) is 11.1 Å². The summed E-state index contributed by atoms with van der Waals surface area (Å²) in [6, 6.07) is 12.1. The molecule has 1 aromatic heterocycles. The second kappa shape index (κ2) is 7.45. The summed E-state index contributed by atoms with van der Waals surface area (Å²) < 4.78 is 17.3. The van der Waals surface area contributed by atoms with E-state index in [1.807, 2.05) is 64.1 Å². The molecule has 5 nitrogen and oxygen atoms in total. The summed E-state index contributed by atoms with van der Waals surface area (Å²) in [7, 11) is 0.886. The third-order valence-electron chi connectivity index (χ3n) is 5.57. The molecule has 1 aromatic carbocycles. The van der Waals surface area contributed by atoms with Crippen molar-refractivity contribution in [3.05, 3.63) is 54.4 Å². The van der Waals surface area contributed by atoms with Crippen LogP contribution in [0.15, 0.2) is 48.8 Å². The number of carbonyl (C=O) groups excluding carboxylic acids is 1. The molecule has 27 heavy (non-hydrogen) atoms. The molecule has 1 unspecified atom stereocenters. The largest absolute Gasteiger partial charge is 0.469 e. The van der Waals surface area contributed by atoms with Gasteiger partial charge in [0.05, 0.1) is 24.7 Å². The highest BCUT2D eigenvalue weighted by Gasteiger charge is 2.54. The lowest BCUT2D eigenvalue weighted by Gasteiger charge is -2.32. The fourth-order valence-corrected chi connectivity index (χ4v) is 3.15. The van der Waals surface area contributed by atoms with Gasteiger partial charge in [-0.3, -0.25) is 9.78 Å². The van der Waals surface area contributed by atoms with Crippen molar-refractivity contribution >= 4 is 13.1 Å². The van der Waals surface area contributed by atoms with Crippen LogP contribution in [-0.2, 0) is 18.8 Å². The second-order valence-electron chi connectivity index (χ2n) is 7.87. The predicted molar refractivity (Wildman–Crippen MR) is 105 cm³/mol. The Labute approximate surface area is 161 Å². The summed E-state index contributed by atoms with van der Waals surface area (Å²) in [5, 5.41) is 0. The highest BCUT2D eigenvalue weighted by atomic mass is 16.7. The first-order chi connectivity index (χ1) is 12.7. The van der Waals surface area contributed by atoms with Gasteiger partial charge in [0.2, 0.25) is 0 Å². The highest BCUT2D eigenvalue weighted by molar-refractivity contribution is 6.48. The first-order valence-electron chi connectivity index (χ1n) is 9.16. The molecule has 1 saturated heterocycles. The van der Waals surface area contributed by atoms with Gasteiger partial charge < -0.3 is 14.0 Å². The summed E-state index contributed by atoms with van der Waals surface area (Å²) in [5.41, 5.74) is 2.26. The molecule has 1 fully saturated rings. The van der Waals surface area contributed by atoms with E-state index in [-0.39, 0.29) is 18.2 Å². The van der Waals surface area contributed by atoms with E-state index >= 15 is 0 Å². The SMILES string of the molecule is COC(=O)CC(B1OC(C)(C)C(C)(C)O1)c1ccc(-c2ccncc2)cc1. The van der Waals surface area contributed by atoms with E-state index in [1.165, 1.54) is 7.11 Å². The molecule has 0 saturated carbocycles. The molecule has 1 atom stereocenters. The third kappa shape index (κ3) is 4.07. The Hall–Kier alpha value is -2.18. The Morgan fingerprint density at radius 3 is 2.04 bits per heavy atom. The third-order valence-corrected chi connectivity index (χ3v) is 5.57. The van der Waals surface area contributed by atoms with Gasteiger partial charge in [0.25, 0.3) is 0 Å². The van der Waals surface area contributed by atoms with Crippen LogP contribution >= 0.6 is 0 Å². The first-order valence-corrected chi connectivity index (χ1v) is 9.16. The summed E-state index contributed by atoms with van der Waals surface area (Å²) in [5.74, 6) is -0.530. The van der Waals surface area contributed by atoms with Gasteiger partial charge in [-0.05, 0) is 56.5 Å². The Kier molecular flexibility index (Phi) is 5.40. The van der Waals surface area contributed by atoms with Crippen LogP contribution in [0.4, 0.5) is 0 Å². The Bertz CT molecular complexity index is 774. The van der Waals surface area contributed by atoms with E-state index in [4.69, 9.17) is 14.0 Å². The Morgan fingerprint density at radius 2 is 1.52 bits per heavy atom. The number of aromatic nitrogens is 1. The van der Waals surface area contributed by atoms with Gasteiger partial charge in [0.15, 0.2) is 0 Å². The zero-order valence-corrected chi connectivity index (χ0v) is 16.6. The van der Waals surface area contributed by atoms with E-state index < -0.39 is 18.3 Å². The number of pyridine rings is 1. The van der Waals surface area contributed by atoms with Gasteiger partial charge in [0, 0.05) is 18.2 Å². The molecule has 0 bridgehead atoms. The fourth-order valence-electron chi connectivity index (χ4n) is 3.15. The van der Waals surface area contributed by atoms with Crippen LogP contribution in [0.25, 0.3) is 11.1 Å². The molecule has 0 N–H and O–H groups in total. The van der Waals surface area contributed by atoms with Crippen LogP contribution in [0.5, 0.6) is 0 Å². The number of methoxy groups -OCH3 is 1. The standard InChI is InChI=1S/C21H26BNO4/c1-20(2)21(3,4)27-22(26-20)18(14-19(24)25-5)17-8-6-15(7-9-17)16-10-12-23-13-11-16/h6-13,18H,14H2,1-5H3. The van der Waals surface area contributed by atoms with Crippen LogP contribution in [0.2, 0.25) is 0 Å². The van der Waals surface area contributed by atoms with Gasteiger partial charge in [0.1, 0.15) is 0 Å². The van der Waals surface area contributed by atoms with Gasteiger partial charge in [-0.1, -0.05) is 24.3 Å². The van der Waals surface area contributed by atoms with Gasteiger partial charge in [-0.25, -0.2) is 0 Å². The lowest BCUT2D eigenvalue weighted by molar-refractivity contribution is -0.140. The lowest BCUT2D eigenvalue weighted by atomic mass is 9.66. The average molecular weight is 367 g/mol. The average Bonchev–Trinajstić information content (AvgIpc) is 2.87. The number of nitrogens with zero attached hydrogens (tertiary/aromatic N) is 1. The van der Waals surface area contributed by atoms with Crippen LogP contribution in [-0.4, -0.2) is 36.4 Å². The molecule has 0 aliphatic carbocycles. The number of hydrogen-bond donors (Lipinski definition) is 0. The van der Waals surface area contributed by atoms with Gasteiger partial charge >= 0.3 is 13.1 Å². The fraction of sp³-hybridized carbons (Fsp3) is 0.429. The van der Waals surface area contributed by atoms with E-state index in [1.54, 1.807) is 12.4 Å². The summed E-state index contributed by atoms with van der Waals surface area (Å²) >= 11 is 0. The van der Waals surface area contributed by atoms with Crippen molar-refractivity contribution in [2.45, 2.75) is 51.1 Å². The van der Waals surface area contributed by atoms with Crippen LogP contribution in [0.3, 0.4) is 0 Å². The minimum absolute atomic E-state index is 0.196. The first kappa shape index (κ1) is 19.6. The number of hydrogen-bond acceptors (Lipinski definition) is 5. The van der Waals surface area contributed by atoms with Crippen molar-refractivity contribution in [3.63, 3.8) is 0 Å². The maximum Gasteiger partial charge on any atom is 0.466 e. The smallest absolute Gasteiger partial charge is 0.466 e.